The lowest BCUT2D eigenvalue weighted by Crippen LogP contribution is -2.46. The molecule has 0 aliphatic carbocycles. The van der Waals surface area contributed by atoms with Crippen molar-refractivity contribution in [2.45, 2.75) is 33.0 Å². The molecule has 2 unspecified atom stereocenters. The summed E-state index contributed by atoms with van der Waals surface area (Å²) < 4.78 is 5.75. The maximum atomic E-state index is 11.5. The number of rotatable bonds is 3. The summed E-state index contributed by atoms with van der Waals surface area (Å²) in [6, 6.07) is 1.94. The summed E-state index contributed by atoms with van der Waals surface area (Å²) in [5, 5.41) is 4.20. The Bertz CT molecular complexity index is 673. The van der Waals surface area contributed by atoms with Gasteiger partial charge in [0, 0.05) is 24.8 Å². The van der Waals surface area contributed by atoms with E-state index in [0.29, 0.717) is 5.56 Å². The van der Waals surface area contributed by atoms with E-state index in [0.717, 1.165) is 36.3 Å². The fourth-order valence-electron chi connectivity index (χ4n) is 2.98. The van der Waals surface area contributed by atoms with E-state index in [1.54, 1.807) is 11.3 Å². The number of morpholine rings is 1. The molecule has 116 valence electrons. The highest BCUT2D eigenvalue weighted by molar-refractivity contribution is 7.08. The molecule has 0 N–H and O–H groups in total. The van der Waals surface area contributed by atoms with Crippen molar-refractivity contribution in [1.29, 1.82) is 0 Å². The number of aldehydes is 1. The minimum Gasteiger partial charge on any atom is -0.372 e. The fourth-order valence-corrected chi connectivity index (χ4v) is 3.84. The lowest BCUT2D eigenvalue weighted by molar-refractivity contribution is -0.00549. The van der Waals surface area contributed by atoms with Crippen molar-refractivity contribution in [3.8, 4) is 11.1 Å². The SMILES string of the molecule is Cc1cscc1-c1cnc(N2CC(C)OC(C)C2)c(C=O)c1. The first-order chi connectivity index (χ1) is 10.6. The summed E-state index contributed by atoms with van der Waals surface area (Å²) in [7, 11) is 0. The smallest absolute Gasteiger partial charge is 0.153 e. The Morgan fingerprint density at radius 2 is 2.05 bits per heavy atom. The largest absolute Gasteiger partial charge is 0.372 e. The van der Waals surface area contributed by atoms with Gasteiger partial charge in [-0.05, 0) is 48.7 Å². The van der Waals surface area contributed by atoms with Gasteiger partial charge in [-0.25, -0.2) is 4.98 Å². The Morgan fingerprint density at radius 1 is 1.32 bits per heavy atom. The monoisotopic (exact) mass is 316 g/mol. The van der Waals surface area contributed by atoms with Gasteiger partial charge < -0.3 is 9.64 Å². The van der Waals surface area contributed by atoms with Gasteiger partial charge in [-0.2, -0.15) is 11.3 Å². The van der Waals surface area contributed by atoms with E-state index in [-0.39, 0.29) is 12.2 Å². The number of carbonyl (C=O) groups excluding carboxylic acids is 1. The number of ether oxygens (including phenoxy) is 1. The average molecular weight is 316 g/mol. The zero-order valence-electron chi connectivity index (χ0n) is 13.1. The van der Waals surface area contributed by atoms with Crippen LogP contribution in [0.25, 0.3) is 11.1 Å². The lowest BCUT2D eigenvalue weighted by atomic mass is 10.1. The highest BCUT2D eigenvalue weighted by Gasteiger charge is 2.25. The van der Waals surface area contributed by atoms with Gasteiger partial charge in [0.25, 0.3) is 0 Å². The van der Waals surface area contributed by atoms with Crippen LogP contribution in [0.2, 0.25) is 0 Å². The summed E-state index contributed by atoms with van der Waals surface area (Å²) in [5.41, 5.74) is 4.00. The summed E-state index contributed by atoms with van der Waals surface area (Å²) >= 11 is 1.66. The molecule has 22 heavy (non-hydrogen) atoms. The van der Waals surface area contributed by atoms with Gasteiger partial charge in [0.15, 0.2) is 6.29 Å². The van der Waals surface area contributed by atoms with Crippen molar-refractivity contribution in [2.24, 2.45) is 0 Å². The van der Waals surface area contributed by atoms with Gasteiger partial charge in [-0.15, -0.1) is 0 Å². The number of aryl methyl sites for hydroxylation is 1. The number of aromatic nitrogens is 1. The second-order valence-corrected chi connectivity index (χ2v) is 6.63. The summed E-state index contributed by atoms with van der Waals surface area (Å²) in [5.74, 6) is 0.758. The number of anilines is 1. The number of hydrogen-bond acceptors (Lipinski definition) is 5. The first kappa shape index (κ1) is 15.2. The molecule has 2 aromatic rings. The highest BCUT2D eigenvalue weighted by atomic mass is 32.1. The van der Waals surface area contributed by atoms with E-state index in [2.05, 4.69) is 27.6 Å². The molecule has 2 atom stereocenters. The third kappa shape index (κ3) is 2.91. The van der Waals surface area contributed by atoms with Gasteiger partial charge in [0.05, 0.1) is 17.8 Å². The number of pyridine rings is 1. The number of nitrogens with zero attached hydrogens (tertiary/aromatic N) is 2. The maximum absolute atomic E-state index is 11.5. The van der Waals surface area contributed by atoms with Crippen LogP contribution in [-0.4, -0.2) is 36.6 Å². The normalized spacial score (nSPS) is 21.9. The molecule has 3 heterocycles. The van der Waals surface area contributed by atoms with Gasteiger partial charge >= 0.3 is 0 Å². The predicted molar refractivity (Wildman–Crippen MR) is 89.9 cm³/mol. The number of carbonyl (C=O) groups is 1. The van der Waals surface area contributed by atoms with Crippen molar-refractivity contribution in [3.05, 3.63) is 34.2 Å². The fraction of sp³-hybridized carbons (Fsp3) is 0.412. The van der Waals surface area contributed by atoms with E-state index >= 15 is 0 Å². The second-order valence-electron chi connectivity index (χ2n) is 5.89. The van der Waals surface area contributed by atoms with Crippen molar-refractivity contribution >= 4 is 23.4 Å². The maximum Gasteiger partial charge on any atom is 0.153 e. The predicted octanol–water partition coefficient (Wildman–Crippen LogP) is 3.54. The number of hydrogen-bond donors (Lipinski definition) is 0. The molecular weight excluding hydrogens is 296 g/mol. The van der Waals surface area contributed by atoms with Gasteiger partial charge in [-0.1, -0.05) is 0 Å². The van der Waals surface area contributed by atoms with Crippen molar-refractivity contribution in [1.82, 2.24) is 4.98 Å². The Morgan fingerprint density at radius 3 is 2.64 bits per heavy atom. The molecule has 0 aromatic carbocycles. The Balaban J connectivity index is 1.96. The molecule has 2 aromatic heterocycles. The van der Waals surface area contributed by atoms with Crippen LogP contribution in [0.3, 0.4) is 0 Å². The van der Waals surface area contributed by atoms with Crippen LogP contribution in [0.5, 0.6) is 0 Å². The van der Waals surface area contributed by atoms with E-state index in [9.17, 15) is 4.79 Å². The molecule has 0 bridgehead atoms. The van der Waals surface area contributed by atoms with E-state index in [1.165, 1.54) is 5.56 Å². The molecule has 0 saturated carbocycles. The molecule has 1 saturated heterocycles. The topological polar surface area (TPSA) is 42.4 Å². The molecule has 4 nitrogen and oxygen atoms in total. The molecular formula is C17H20N2O2S. The zero-order valence-corrected chi connectivity index (χ0v) is 13.9. The average Bonchev–Trinajstić information content (AvgIpc) is 2.91. The molecule has 0 radical (unpaired) electrons. The van der Waals surface area contributed by atoms with Gasteiger partial charge in [0.2, 0.25) is 0 Å². The van der Waals surface area contributed by atoms with Crippen LogP contribution in [-0.2, 0) is 4.74 Å². The van der Waals surface area contributed by atoms with Gasteiger partial charge in [-0.3, -0.25) is 4.79 Å². The summed E-state index contributed by atoms with van der Waals surface area (Å²) in [6.45, 7) is 7.69. The van der Waals surface area contributed by atoms with Crippen LogP contribution in [0, 0.1) is 6.92 Å². The first-order valence-corrected chi connectivity index (χ1v) is 8.41. The molecule has 5 heteroatoms. The van der Waals surface area contributed by atoms with Crippen molar-refractivity contribution < 1.29 is 9.53 Å². The summed E-state index contributed by atoms with van der Waals surface area (Å²) in [4.78, 5) is 18.3. The minimum atomic E-state index is 0.142. The summed E-state index contributed by atoms with van der Waals surface area (Å²) in [6.07, 6.45) is 3.05. The second kappa shape index (κ2) is 6.18. The standard InChI is InChI=1S/C17H20N2O2S/c1-11-9-22-10-16(11)14-4-15(8-20)17(18-5-14)19-6-12(2)21-13(3)7-19/h4-5,8-10,12-13H,6-7H2,1-3H3. The third-order valence-corrected chi connectivity index (χ3v) is 4.77. The van der Waals surface area contributed by atoms with Crippen LogP contribution in [0.15, 0.2) is 23.0 Å². The van der Waals surface area contributed by atoms with Crippen LogP contribution >= 0.6 is 11.3 Å². The van der Waals surface area contributed by atoms with Crippen LogP contribution in [0.4, 0.5) is 5.82 Å². The zero-order chi connectivity index (χ0) is 15.7. The molecule has 1 aliphatic heterocycles. The molecule has 0 spiro atoms. The molecule has 0 amide bonds. The van der Waals surface area contributed by atoms with Gasteiger partial charge in [0.1, 0.15) is 5.82 Å². The van der Waals surface area contributed by atoms with Crippen LogP contribution in [0.1, 0.15) is 29.8 Å². The quantitative estimate of drug-likeness (QED) is 0.812. The van der Waals surface area contributed by atoms with Crippen LogP contribution < -0.4 is 4.90 Å². The van der Waals surface area contributed by atoms with E-state index in [4.69, 9.17) is 4.74 Å². The highest BCUT2D eigenvalue weighted by Crippen LogP contribution is 2.30. The Kier molecular flexibility index (Phi) is 4.27. The molecule has 3 rings (SSSR count). The Labute approximate surface area is 134 Å². The Hall–Kier alpha value is -1.72. The lowest BCUT2D eigenvalue weighted by Gasteiger charge is -2.36. The van der Waals surface area contributed by atoms with Crippen molar-refractivity contribution in [2.75, 3.05) is 18.0 Å². The third-order valence-electron chi connectivity index (χ3n) is 3.91. The first-order valence-electron chi connectivity index (χ1n) is 7.47. The van der Waals surface area contributed by atoms with E-state index < -0.39 is 0 Å². The van der Waals surface area contributed by atoms with E-state index in [1.807, 2.05) is 26.1 Å². The molecule has 1 aliphatic rings. The minimum absolute atomic E-state index is 0.142. The molecule has 1 fully saturated rings. The van der Waals surface area contributed by atoms with Crippen molar-refractivity contribution in [3.63, 3.8) is 0 Å². The number of thiophene rings is 1.